The van der Waals surface area contributed by atoms with Gasteiger partial charge in [-0.05, 0) is 64.9 Å². The van der Waals surface area contributed by atoms with E-state index in [-0.39, 0.29) is 24.1 Å². The molecule has 0 spiro atoms. The first-order valence-corrected chi connectivity index (χ1v) is 14.0. The SMILES string of the molecule is C=CC(=O)N1CCN(c2nc(OC[C@@H]3CCCN3C)nc3c2O[C@H](C)C(c2c(C)ccc4[nH]ncc24)O3)C[C@H]1C. The third-order valence-corrected chi connectivity index (χ3v) is 8.39. The molecule has 11 heteroatoms. The van der Waals surface area contributed by atoms with Crippen molar-refractivity contribution in [3.8, 4) is 17.6 Å². The first kappa shape index (κ1) is 26.4. The summed E-state index contributed by atoms with van der Waals surface area (Å²) in [6.45, 7) is 13.0. The van der Waals surface area contributed by atoms with Crippen LogP contribution in [0.1, 0.15) is 43.9 Å². The number of H-pyrrole nitrogens is 1. The fraction of sp³-hybridized carbons (Fsp3) is 0.517. The molecule has 11 nitrogen and oxygen atoms in total. The van der Waals surface area contributed by atoms with E-state index < -0.39 is 6.10 Å². The van der Waals surface area contributed by atoms with Gasteiger partial charge in [0.15, 0.2) is 11.9 Å². The summed E-state index contributed by atoms with van der Waals surface area (Å²) in [7, 11) is 2.12. The van der Waals surface area contributed by atoms with Crippen molar-refractivity contribution in [1.82, 2.24) is 30.0 Å². The first-order chi connectivity index (χ1) is 19.3. The van der Waals surface area contributed by atoms with Gasteiger partial charge in [0, 0.05) is 42.7 Å². The number of likely N-dealkylation sites (N-methyl/N-ethyl adjacent to an activating group) is 1. The van der Waals surface area contributed by atoms with Gasteiger partial charge in [-0.1, -0.05) is 12.6 Å². The average molecular weight is 548 g/mol. The van der Waals surface area contributed by atoms with Crippen LogP contribution in [0.5, 0.6) is 17.6 Å². The van der Waals surface area contributed by atoms with Crippen LogP contribution < -0.4 is 19.1 Å². The van der Waals surface area contributed by atoms with Crippen molar-refractivity contribution in [2.45, 2.75) is 57.9 Å². The molecule has 3 aliphatic rings. The van der Waals surface area contributed by atoms with Crippen LogP contribution >= 0.6 is 0 Å². The maximum absolute atomic E-state index is 12.3. The fourth-order valence-corrected chi connectivity index (χ4v) is 6.10. The van der Waals surface area contributed by atoms with E-state index in [9.17, 15) is 4.79 Å². The topological polar surface area (TPSA) is 109 Å². The predicted octanol–water partition coefficient (Wildman–Crippen LogP) is 3.26. The standard InChI is InChI=1S/C29H37N7O4/c1-6-23(37)36-13-12-35(15-18(36)3)27-26-28(32-29(31-27)38-16-20-8-7-11-34(20)5)40-25(19(4)39-26)24-17(2)9-10-22-21(24)14-30-33-22/h6,9-10,14,18-20,25H,1,7-8,11-13,15-16H2,2-5H3,(H,30,33)/t18-,19-,20+,25?/m1/s1. The van der Waals surface area contributed by atoms with Crippen LogP contribution in [0.25, 0.3) is 10.9 Å². The van der Waals surface area contributed by atoms with Crippen LogP contribution in [0.4, 0.5) is 5.82 Å². The van der Waals surface area contributed by atoms with Crippen LogP contribution in [-0.4, -0.2) is 93.9 Å². The van der Waals surface area contributed by atoms with Crippen LogP contribution in [0.2, 0.25) is 0 Å². The van der Waals surface area contributed by atoms with Gasteiger partial charge in [0.1, 0.15) is 12.7 Å². The molecule has 0 saturated carbocycles. The van der Waals surface area contributed by atoms with Gasteiger partial charge in [-0.3, -0.25) is 9.89 Å². The predicted molar refractivity (Wildman–Crippen MR) is 151 cm³/mol. The Hall–Kier alpha value is -3.86. The number of aromatic nitrogens is 4. The molecule has 6 rings (SSSR count). The van der Waals surface area contributed by atoms with Gasteiger partial charge in [-0.2, -0.15) is 15.1 Å². The number of anilines is 1. The second kappa shape index (κ2) is 10.6. The number of piperazine rings is 1. The summed E-state index contributed by atoms with van der Waals surface area (Å²) < 4.78 is 19.4. The molecular formula is C29H37N7O4. The Morgan fingerprint density at radius 2 is 2.08 bits per heavy atom. The number of nitrogens with one attached hydrogen (secondary N) is 1. The molecule has 3 aromatic rings. The lowest BCUT2D eigenvalue weighted by molar-refractivity contribution is -0.128. The van der Waals surface area contributed by atoms with E-state index in [1.54, 1.807) is 0 Å². The Balaban J connectivity index is 1.35. The van der Waals surface area contributed by atoms with Crippen LogP contribution in [0.15, 0.2) is 31.0 Å². The Morgan fingerprint density at radius 1 is 1.23 bits per heavy atom. The van der Waals surface area contributed by atoms with Crippen LogP contribution in [0.3, 0.4) is 0 Å². The lowest BCUT2D eigenvalue weighted by atomic mass is 9.95. The summed E-state index contributed by atoms with van der Waals surface area (Å²) in [6.07, 6.45) is 4.72. The highest BCUT2D eigenvalue weighted by atomic mass is 16.6. The molecule has 1 aromatic carbocycles. The summed E-state index contributed by atoms with van der Waals surface area (Å²) in [5.74, 6) is 1.42. The molecule has 2 fully saturated rings. The van der Waals surface area contributed by atoms with Crippen molar-refractivity contribution < 1.29 is 19.0 Å². The number of aryl methyl sites for hydroxylation is 1. The number of rotatable bonds is 6. The van der Waals surface area contributed by atoms with E-state index >= 15 is 0 Å². The highest BCUT2D eigenvalue weighted by molar-refractivity contribution is 5.87. The monoisotopic (exact) mass is 547 g/mol. The van der Waals surface area contributed by atoms with Crippen molar-refractivity contribution >= 4 is 22.6 Å². The van der Waals surface area contributed by atoms with E-state index in [1.165, 1.54) is 6.08 Å². The second-order valence-corrected chi connectivity index (χ2v) is 11.1. The lowest BCUT2D eigenvalue weighted by Gasteiger charge is -2.41. The van der Waals surface area contributed by atoms with Crippen LogP contribution in [-0.2, 0) is 4.79 Å². The zero-order chi connectivity index (χ0) is 28.0. The largest absolute Gasteiger partial charge is 0.478 e. The van der Waals surface area contributed by atoms with Crippen molar-refractivity contribution in [1.29, 1.82) is 0 Å². The molecular weight excluding hydrogens is 510 g/mol. The van der Waals surface area contributed by atoms with E-state index in [1.807, 2.05) is 31.0 Å². The average Bonchev–Trinajstić information content (AvgIpc) is 3.59. The third-order valence-electron chi connectivity index (χ3n) is 8.39. The Labute approximate surface area is 234 Å². The van der Waals surface area contributed by atoms with Gasteiger partial charge >= 0.3 is 6.01 Å². The smallest absolute Gasteiger partial charge is 0.322 e. The zero-order valence-corrected chi connectivity index (χ0v) is 23.6. The number of amides is 1. The number of ether oxygens (including phenoxy) is 3. The number of nitrogens with zero attached hydrogens (tertiary/aromatic N) is 6. The van der Waals surface area contributed by atoms with E-state index in [0.717, 1.165) is 41.4 Å². The molecule has 1 amide bonds. The molecule has 212 valence electrons. The van der Waals surface area contributed by atoms with Gasteiger partial charge in [-0.25, -0.2) is 0 Å². The molecule has 4 atom stereocenters. The molecule has 0 aliphatic carbocycles. The van der Waals surface area contributed by atoms with Gasteiger partial charge in [-0.15, -0.1) is 0 Å². The quantitative estimate of drug-likeness (QED) is 0.465. The first-order valence-electron chi connectivity index (χ1n) is 14.0. The summed E-state index contributed by atoms with van der Waals surface area (Å²) in [6, 6.07) is 4.64. The van der Waals surface area contributed by atoms with E-state index in [2.05, 4.69) is 46.6 Å². The minimum absolute atomic E-state index is 0.0302. The van der Waals surface area contributed by atoms with Gasteiger partial charge in [0.25, 0.3) is 5.88 Å². The minimum atomic E-state index is -0.397. The van der Waals surface area contributed by atoms with Crippen LogP contribution in [0, 0.1) is 6.92 Å². The molecule has 2 aromatic heterocycles. The van der Waals surface area contributed by atoms with Crippen molar-refractivity contribution in [2.75, 3.05) is 44.7 Å². The normalized spacial score (nSPS) is 24.9. The number of hydrogen-bond donors (Lipinski definition) is 1. The Kier molecular flexibility index (Phi) is 6.99. The molecule has 0 radical (unpaired) electrons. The zero-order valence-electron chi connectivity index (χ0n) is 23.6. The van der Waals surface area contributed by atoms with E-state index in [4.69, 9.17) is 24.2 Å². The molecule has 5 heterocycles. The second-order valence-electron chi connectivity index (χ2n) is 11.1. The fourth-order valence-electron chi connectivity index (χ4n) is 6.10. The summed E-state index contributed by atoms with van der Waals surface area (Å²) in [5, 5.41) is 8.29. The Morgan fingerprint density at radius 3 is 2.83 bits per heavy atom. The van der Waals surface area contributed by atoms with Gasteiger partial charge < -0.3 is 28.9 Å². The van der Waals surface area contributed by atoms with Crippen molar-refractivity contribution in [3.05, 3.63) is 42.1 Å². The molecule has 40 heavy (non-hydrogen) atoms. The number of carbonyl (C=O) groups excluding carboxylic acids is 1. The van der Waals surface area contributed by atoms with Crippen molar-refractivity contribution in [2.24, 2.45) is 0 Å². The summed E-state index contributed by atoms with van der Waals surface area (Å²) in [4.78, 5) is 28.2. The van der Waals surface area contributed by atoms with Gasteiger partial charge in [0.05, 0.1) is 11.7 Å². The molecule has 1 N–H and O–H groups in total. The molecule has 3 aliphatic heterocycles. The number of hydrogen-bond acceptors (Lipinski definition) is 9. The maximum Gasteiger partial charge on any atom is 0.322 e. The van der Waals surface area contributed by atoms with E-state index in [0.29, 0.717) is 49.7 Å². The number of likely N-dealkylation sites (tertiary alicyclic amines) is 1. The number of fused-ring (bicyclic) bond motifs is 2. The molecule has 1 unspecified atom stereocenters. The summed E-state index contributed by atoms with van der Waals surface area (Å²) in [5.41, 5.74) is 3.05. The Bertz CT molecular complexity index is 1420. The maximum atomic E-state index is 12.3. The minimum Gasteiger partial charge on any atom is -0.478 e. The summed E-state index contributed by atoms with van der Waals surface area (Å²) >= 11 is 0. The highest BCUT2D eigenvalue weighted by Crippen LogP contribution is 2.46. The molecule has 2 saturated heterocycles. The van der Waals surface area contributed by atoms with Gasteiger partial charge in [0.2, 0.25) is 11.7 Å². The lowest BCUT2D eigenvalue weighted by Crippen LogP contribution is -2.54. The number of aromatic amines is 1. The third kappa shape index (κ3) is 4.72. The van der Waals surface area contributed by atoms with Crippen molar-refractivity contribution in [3.63, 3.8) is 0 Å². The molecule has 0 bridgehead atoms. The number of benzene rings is 1. The number of carbonyl (C=O) groups is 1. The highest BCUT2D eigenvalue weighted by Gasteiger charge is 2.38.